The van der Waals surface area contributed by atoms with Crippen LogP contribution < -0.4 is 14.5 Å². The van der Waals surface area contributed by atoms with Gasteiger partial charge in [-0.25, -0.2) is 4.98 Å². The number of amides is 1. The van der Waals surface area contributed by atoms with Crippen molar-refractivity contribution >= 4 is 17.4 Å². The first kappa shape index (κ1) is 24.0. The summed E-state index contributed by atoms with van der Waals surface area (Å²) < 4.78 is 10.8. The number of H-pyrrole nitrogens is 1. The molecule has 6 rings (SSSR count). The minimum atomic E-state index is -0.00166. The SMILES string of the molecule is COc1cccc(N2CCC(C(=O)N3CCc4nc(C5CCOCC5)[nH]c4-c4cc(C)ccc43)CC2)n1. The number of aromatic amines is 1. The van der Waals surface area contributed by atoms with Gasteiger partial charge in [-0.05, 0) is 50.8 Å². The molecular weight excluding hydrogens is 466 g/mol. The standard InChI is InChI=1S/C29H35N5O3/c1-19-6-7-24-22(18-19)27-23(30-28(32-27)20-11-16-37-17-12-20)10-15-34(24)29(35)21-8-13-33(14-9-21)25-4-3-5-26(31-25)36-2/h3-7,18,20-21H,8-17H2,1-2H3,(H,30,32). The van der Waals surface area contributed by atoms with Crippen molar-refractivity contribution in [3.8, 4) is 17.1 Å². The highest BCUT2D eigenvalue weighted by molar-refractivity contribution is 5.99. The van der Waals surface area contributed by atoms with Crippen LogP contribution in [0.4, 0.5) is 11.5 Å². The second-order valence-corrected chi connectivity index (χ2v) is 10.4. The number of ether oxygens (including phenoxy) is 2. The molecule has 2 aromatic heterocycles. The van der Waals surface area contributed by atoms with Crippen LogP contribution in [0.5, 0.6) is 5.88 Å². The molecule has 37 heavy (non-hydrogen) atoms. The van der Waals surface area contributed by atoms with Gasteiger partial charge >= 0.3 is 0 Å². The second kappa shape index (κ2) is 10.2. The number of imidazole rings is 1. The highest BCUT2D eigenvalue weighted by Gasteiger charge is 2.33. The lowest BCUT2D eigenvalue weighted by atomic mass is 9.94. The maximum Gasteiger partial charge on any atom is 0.230 e. The number of nitrogens with one attached hydrogen (secondary N) is 1. The van der Waals surface area contributed by atoms with Gasteiger partial charge in [0.2, 0.25) is 11.8 Å². The van der Waals surface area contributed by atoms with Gasteiger partial charge < -0.3 is 24.3 Å². The summed E-state index contributed by atoms with van der Waals surface area (Å²) in [6.07, 6.45) is 4.38. The highest BCUT2D eigenvalue weighted by Crippen LogP contribution is 2.39. The summed E-state index contributed by atoms with van der Waals surface area (Å²) in [4.78, 5) is 31.5. The molecule has 3 aliphatic rings. The van der Waals surface area contributed by atoms with E-state index in [4.69, 9.17) is 14.5 Å². The summed E-state index contributed by atoms with van der Waals surface area (Å²) in [5.74, 6) is 3.22. The largest absolute Gasteiger partial charge is 0.481 e. The van der Waals surface area contributed by atoms with Crippen LogP contribution in [0, 0.1) is 12.8 Å². The summed E-state index contributed by atoms with van der Waals surface area (Å²) in [5.41, 5.74) is 5.41. The number of nitrogens with zero attached hydrogens (tertiary/aromatic N) is 4. The molecule has 2 fully saturated rings. The molecule has 0 saturated carbocycles. The first-order valence-corrected chi connectivity index (χ1v) is 13.5. The number of pyridine rings is 1. The zero-order valence-electron chi connectivity index (χ0n) is 21.7. The quantitative estimate of drug-likeness (QED) is 0.567. The Labute approximate surface area is 218 Å². The lowest BCUT2D eigenvalue weighted by Crippen LogP contribution is -2.43. The Bertz CT molecular complexity index is 1270. The summed E-state index contributed by atoms with van der Waals surface area (Å²) in [5, 5.41) is 0. The van der Waals surface area contributed by atoms with E-state index in [1.165, 1.54) is 5.56 Å². The van der Waals surface area contributed by atoms with Gasteiger partial charge in [0, 0.05) is 62.7 Å². The Morgan fingerprint density at radius 1 is 1.05 bits per heavy atom. The van der Waals surface area contributed by atoms with Crippen LogP contribution in [0.2, 0.25) is 0 Å². The molecule has 194 valence electrons. The molecule has 0 aliphatic carbocycles. The number of aryl methyl sites for hydroxylation is 1. The van der Waals surface area contributed by atoms with Crippen molar-refractivity contribution in [3.63, 3.8) is 0 Å². The molecular formula is C29H35N5O3. The van der Waals surface area contributed by atoms with E-state index in [1.54, 1.807) is 7.11 Å². The molecule has 8 heteroatoms. The topological polar surface area (TPSA) is 83.6 Å². The minimum absolute atomic E-state index is 0.00166. The third kappa shape index (κ3) is 4.70. The van der Waals surface area contributed by atoms with Crippen LogP contribution in [-0.2, 0) is 16.0 Å². The highest BCUT2D eigenvalue weighted by atomic mass is 16.5. The van der Waals surface area contributed by atoms with E-state index in [0.29, 0.717) is 18.3 Å². The number of benzene rings is 1. The number of hydrogen-bond acceptors (Lipinski definition) is 6. The zero-order valence-corrected chi connectivity index (χ0v) is 21.7. The predicted molar refractivity (Wildman–Crippen MR) is 143 cm³/mol. The Kier molecular flexibility index (Phi) is 6.59. The van der Waals surface area contributed by atoms with E-state index in [-0.39, 0.29) is 11.8 Å². The van der Waals surface area contributed by atoms with Crippen LogP contribution >= 0.6 is 0 Å². The Morgan fingerprint density at radius 2 is 1.86 bits per heavy atom. The molecule has 3 aromatic rings. The maximum atomic E-state index is 13.9. The predicted octanol–water partition coefficient (Wildman–Crippen LogP) is 4.49. The van der Waals surface area contributed by atoms with Crippen molar-refractivity contribution in [2.75, 3.05) is 49.8 Å². The fourth-order valence-corrected chi connectivity index (χ4v) is 5.92. The van der Waals surface area contributed by atoms with E-state index < -0.39 is 0 Å². The summed E-state index contributed by atoms with van der Waals surface area (Å²) in [6, 6.07) is 12.2. The molecule has 0 radical (unpaired) electrons. The number of piperidine rings is 1. The molecule has 5 heterocycles. The van der Waals surface area contributed by atoms with E-state index in [9.17, 15) is 4.79 Å². The normalized spacial score (nSPS) is 18.8. The minimum Gasteiger partial charge on any atom is -0.481 e. The molecule has 2 saturated heterocycles. The molecule has 0 bridgehead atoms. The number of carbonyl (C=O) groups is 1. The van der Waals surface area contributed by atoms with Crippen molar-refractivity contribution in [1.29, 1.82) is 0 Å². The Balaban J connectivity index is 1.22. The second-order valence-electron chi connectivity index (χ2n) is 10.4. The number of rotatable bonds is 4. The fourth-order valence-electron chi connectivity index (χ4n) is 5.92. The Morgan fingerprint density at radius 3 is 2.65 bits per heavy atom. The van der Waals surface area contributed by atoms with Crippen molar-refractivity contribution < 1.29 is 14.3 Å². The Hall–Kier alpha value is -3.39. The molecule has 1 N–H and O–H groups in total. The smallest absolute Gasteiger partial charge is 0.230 e. The van der Waals surface area contributed by atoms with E-state index in [1.807, 2.05) is 23.1 Å². The average Bonchev–Trinajstić information content (AvgIpc) is 3.32. The van der Waals surface area contributed by atoms with Crippen LogP contribution in [0.3, 0.4) is 0 Å². The molecule has 0 unspecified atom stereocenters. The van der Waals surface area contributed by atoms with Crippen molar-refractivity contribution in [2.45, 2.75) is 44.9 Å². The van der Waals surface area contributed by atoms with E-state index in [0.717, 1.165) is 92.7 Å². The molecule has 0 atom stereocenters. The van der Waals surface area contributed by atoms with Crippen LogP contribution in [0.25, 0.3) is 11.3 Å². The van der Waals surface area contributed by atoms with Gasteiger partial charge in [-0.15, -0.1) is 0 Å². The molecule has 1 aromatic carbocycles. The number of fused-ring (bicyclic) bond motifs is 3. The van der Waals surface area contributed by atoms with Gasteiger partial charge in [-0.2, -0.15) is 4.98 Å². The van der Waals surface area contributed by atoms with Crippen molar-refractivity contribution in [1.82, 2.24) is 15.0 Å². The lowest BCUT2D eigenvalue weighted by molar-refractivity contribution is -0.123. The number of carbonyl (C=O) groups excluding carboxylic acids is 1. The van der Waals surface area contributed by atoms with E-state index >= 15 is 0 Å². The lowest BCUT2D eigenvalue weighted by Gasteiger charge is -2.35. The van der Waals surface area contributed by atoms with Crippen LogP contribution in [-0.4, -0.2) is 60.8 Å². The van der Waals surface area contributed by atoms with Gasteiger partial charge in [-0.3, -0.25) is 4.79 Å². The number of aromatic nitrogens is 3. The van der Waals surface area contributed by atoms with Crippen LogP contribution in [0.1, 0.15) is 48.7 Å². The number of hydrogen-bond donors (Lipinski definition) is 1. The molecule has 1 amide bonds. The fraction of sp³-hybridized carbons (Fsp3) is 0.483. The van der Waals surface area contributed by atoms with Crippen LogP contribution in [0.15, 0.2) is 36.4 Å². The first-order chi connectivity index (χ1) is 18.1. The van der Waals surface area contributed by atoms with E-state index in [2.05, 4.69) is 40.0 Å². The third-order valence-corrected chi connectivity index (χ3v) is 8.04. The number of methoxy groups -OCH3 is 1. The van der Waals surface area contributed by atoms with Gasteiger partial charge in [0.25, 0.3) is 0 Å². The third-order valence-electron chi connectivity index (χ3n) is 8.04. The van der Waals surface area contributed by atoms with Gasteiger partial charge in [0.1, 0.15) is 11.6 Å². The summed E-state index contributed by atoms with van der Waals surface area (Å²) in [7, 11) is 1.63. The average molecular weight is 502 g/mol. The maximum absolute atomic E-state index is 13.9. The first-order valence-electron chi connectivity index (χ1n) is 13.5. The van der Waals surface area contributed by atoms with Gasteiger partial charge in [0.05, 0.1) is 24.2 Å². The molecule has 3 aliphatic heterocycles. The summed E-state index contributed by atoms with van der Waals surface area (Å²) in [6.45, 7) is 5.95. The number of anilines is 2. The summed E-state index contributed by atoms with van der Waals surface area (Å²) >= 11 is 0. The molecule has 0 spiro atoms. The van der Waals surface area contributed by atoms with Crippen molar-refractivity contribution in [2.24, 2.45) is 5.92 Å². The van der Waals surface area contributed by atoms with Crippen molar-refractivity contribution in [3.05, 3.63) is 53.5 Å². The van der Waals surface area contributed by atoms with Gasteiger partial charge in [0.15, 0.2) is 0 Å². The molecule has 8 nitrogen and oxygen atoms in total. The monoisotopic (exact) mass is 501 g/mol. The van der Waals surface area contributed by atoms with Gasteiger partial charge in [-0.1, -0.05) is 17.7 Å². The zero-order chi connectivity index (χ0) is 25.4.